The van der Waals surface area contributed by atoms with E-state index in [1.165, 1.54) is 0 Å². The van der Waals surface area contributed by atoms with E-state index >= 15 is 0 Å². The van der Waals surface area contributed by atoms with Crippen LogP contribution in [0.4, 0.5) is 0 Å². The molecule has 2 heterocycles. The maximum Gasteiger partial charge on any atom is 0.263 e. The van der Waals surface area contributed by atoms with Crippen molar-refractivity contribution in [1.82, 2.24) is 15.3 Å². The highest BCUT2D eigenvalue weighted by atomic mass is 35.5. The van der Waals surface area contributed by atoms with E-state index in [4.69, 9.17) is 38.0 Å². The van der Waals surface area contributed by atoms with Crippen molar-refractivity contribution < 1.29 is 9.05 Å². The maximum atomic E-state index is 6.29. The zero-order valence-electron chi connectivity index (χ0n) is 13.3. The van der Waals surface area contributed by atoms with Gasteiger partial charge in [-0.25, -0.2) is 0 Å². The van der Waals surface area contributed by atoms with Gasteiger partial charge in [-0.1, -0.05) is 39.6 Å². The minimum atomic E-state index is -0.505. The minimum Gasteiger partial charge on any atom is -0.360 e. The summed E-state index contributed by atoms with van der Waals surface area (Å²) in [4.78, 5) is 4.46. The smallest absolute Gasteiger partial charge is 0.263 e. The molecule has 1 aliphatic carbocycles. The summed E-state index contributed by atoms with van der Waals surface area (Å²) in [5, 5.41) is 9.05. The largest absolute Gasteiger partial charge is 0.360 e. The summed E-state index contributed by atoms with van der Waals surface area (Å²) in [5.74, 6) is 1.34. The van der Waals surface area contributed by atoms with Crippen LogP contribution in [0.1, 0.15) is 30.8 Å². The molecule has 0 bridgehead atoms. The van der Waals surface area contributed by atoms with E-state index in [0.717, 1.165) is 19.3 Å². The van der Waals surface area contributed by atoms with Crippen molar-refractivity contribution in [2.75, 3.05) is 0 Å². The van der Waals surface area contributed by atoms with Gasteiger partial charge in [0, 0.05) is 5.56 Å². The second kappa shape index (κ2) is 6.61. The molecule has 2 aromatic heterocycles. The molecule has 0 radical (unpaired) electrons. The molecule has 1 fully saturated rings. The molecule has 0 amide bonds. The third kappa shape index (κ3) is 2.93. The maximum absolute atomic E-state index is 6.29. The number of hydrogen-bond donors (Lipinski definition) is 1. The Morgan fingerprint density at radius 3 is 2.36 bits per heavy atom. The van der Waals surface area contributed by atoms with Gasteiger partial charge in [-0.05, 0) is 38.3 Å². The molecule has 1 saturated carbocycles. The standard InChI is InChI=1S/C16H14Cl2N4O2.ClH/c1-8-11(14-20-15(22-24-14)16(19)6-3-7-16)13(21-23-8)12-9(17)4-2-5-10(12)18;/h2,4-5H,3,6-7,19H2,1H3;1H. The monoisotopic (exact) mass is 400 g/mol. The van der Waals surface area contributed by atoms with Gasteiger partial charge in [-0.2, -0.15) is 4.98 Å². The van der Waals surface area contributed by atoms with E-state index in [1.54, 1.807) is 25.1 Å². The third-order valence-corrected chi connectivity index (χ3v) is 5.02. The molecular weight excluding hydrogens is 387 g/mol. The van der Waals surface area contributed by atoms with Crippen LogP contribution in [0.15, 0.2) is 27.2 Å². The quantitative estimate of drug-likeness (QED) is 0.680. The average molecular weight is 402 g/mol. The van der Waals surface area contributed by atoms with Crippen LogP contribution in [0, 0.1) is 6.92 Å². The molecule has 0 aliphatic heterocycles. The number of hydrogen-bond acceptors (Lipinski definition) is 6. The second-order valence-corrected chi connectivity index (χ2v) is 6.81. The third-order valence-electron chi connectivity index (χ3n) is 4.39. The first-order valence-electron chi connectivity index (χ1n) is 7.54. The Kier molecular flexibility index (Phi) is 4.81. The van der Waals surface area contributed by atoms with Gasteiger partial charge in [0.05, 0.1) is 15.6 Å². The highest BCUT2D eigenvalue weighted by Gasteiger charge is 2.39. The Labute approximate surface area is 160 Å². The van der Waals surface area contributed by atoms with E-state index in [-0.39, 0.29) is 12.4 Å². The number of nitrogens with zero attached hydrogens (tertiary/aromatic N) is 3. The lowest BCUT2D eigenvalue weighted by Crippen LogP contribution is -2.44. The molecular formula is C16H15Cl3N4O2. The van der Waals surface area contributed by atoms with Gasteiger partial charge in [0.25, 0.3) is 5.89 Å². The molecule has 6 nitrogen and oxygen atoms in total. The summed E-state index contributed by atoms with van der Waals surface area (Å²) in [7, 11) is 0. The number of aromatic nitrogens is 3. The van der Waals surface area contributed by atoms with Crippen molar-refractivity contribution in [3.05, 3.63) is 39.8 Å². The van der Waals surface area contributed by atoms with Gasteiger partial charge in [0.2, 0.25) is 0 Å². The average Bonchev–Trinajstić information content (AvgIpc) is 3.12. The topological polar surface area (TPSA) is 91.0 Å². The van der Waals surface area contributed by atoms with Crippen LogP contribution >= 0.6 is 35.6 Å². The van der Waals surface area contributed by atoms with Crippen LogP contribution in [0.25, 0.3) is 22.7 Å². The fourth-order valence-electron chi connectivity index (χ4n) is 2.83. The summed E-state index contributed by atoms with van der Waals surface area (Å²) in [6.45, 7) is 1.77. The number of aryl methyl sites for hydroxylation is 1. The Balaban J connectivity index is 0.00000182. The summed E-state index contributed by atoms with van der Waals surface area (Å²) in [5.41, 5.74) is 7.37. The van der Waals surface area contributed by atoms with Crippen LogP contribution in [-0.4, -0.2) is 15.3 Å². The van der Waals surface area contributed by atoms with Crippen LogP contribution in [0.5, 0.6) is 0 Å². The van der Waals surface area contributed by atoms with E-state index < -0.39 is 5.54 Å². The molecule has 9 heteroatoms. The Morgan fingerprint density at radius 2 is 1.76 bits per heavy atom. The van der Waals surface area contributed by atoms with Gasteiger partial charge < -0.3 is 14.8 Å². The van der Waals surface area contributed by atoms with Crippen LogP contribution in [0.2, 0.25) is 10.0 Å². The van der Waals surface area contributed by atoms with Crippen molar-refractivity contribution in [2.24, 2.45) is 5.73 Å². The molecule has 3 aromatic rings. The number of halogens is 3. The van der Waals surface area contributed by atoms with Crippen LogP contribution in [-0.2, 0) is 5.54 Å². The van der Waals surface area contributed by atoms with Gasteiger partial charge >= 0.3 is 0 Å². The fraction of sp³-hybridized carbons (Fsp3) is 0.312. The molecule has 4 rings (SSSR count). The summed E-state index contributed by atoms with van der Waals surface area (Å²) >= 11 is 12.6. The zero-order chi connectivity index (χ0) is 16.9. The van der Waals surface area contributed by atoms with Gasteiger partial charge in [-0.15, -0.1) is 12.4 Å². The first-order valence-corrected chi connectivity index (χ1v) is 8.29. The fourth-order valence-corrected chi connectivity index (χ4v) is 3.40. The molecule has 1 aromatic carbocycles. The molecule has 25 heavy (non-hydrogen) atoms. The zero-order valence-corrected chi connectivity index (χ0v) is 15.6. The first kappa shape index (κ1) is 18.2. The van der Waals surface area contributed by atoms with Gasteiger partial charge in [0.1, 0.15) is 17.0 Å². The summed E-state index contributed by atoms with van der Waals surface area (Å²) in [6.07, 6.45) is 2.75. The number of nitrogens with two attached hydrogens (primary N) is 1. The Hall–Kier alpha value is -1.60. The highest BCUT2D eigenvalue weighted by Crippen LogP contribution is 2.42. The first-order chi connectivity index (χ1) is 11.5. The van der Waals surface area contributed by atoms with Crippen LogP contribution in [0.3, 0.4) is 0 Å². The molecule has 0 spiro atoms. The normalized spacial score (nSPS) is 15.5. The SMILES string of the molecule is Cc1onc(-c2c(Cl)cccc2Cl)c1-c1nc(C2(N)CCC2)no1.Cl. The molecule has 0 unspecified atom stereocenters. The molecule has 132 valence electrons. The van der Waals surface area contributed by atoms with E-state index in [0.29, 0.717) is 44.3 Å². The number of rotatable bonds is 3. The minimum absolute atomic E-state index is 0. The summed E-state index contributed by atoms with van der Waals surface area (Å²) in [6, 6.07) is 5.23. The molecule has 0 saturated heterocycles. The van der Waals surface area contributed by atoms with Gasteiger partial charge in [-0.3, -0.25) is 0 Å². The van der Waals surface area contributed by atoms with E-state index in [2.05, 4.69) is 15.3 Å². The van der Waals surface area contributed by atoms with Crippen LogP contribution < -0.4 is 5.73 Å². The predicted molar refractivity (Wildman–Crippen MR) is 97.0 cm³/mol. The Morgan fingerprint density at radius 1 is 1.08 bits per heavy atom. The van der Waals surface area contributed by atoms with Crippen molar-refractivity contribution in [1.29, 1.82) is 0 Å². The molecule has 1 aliphatic rings. The second-order valence-electron chi connectivity index (χ2n) is 5.99. The van der Waals surface area contributed by atoms with E-state index in [9.17, 15) is 0 Å². The molecule has 0 atom stereocenters. The lowest BCUT2D eigenvalue weighted by molar-refractivity contribution is 0.229. The lowest BCUT2D eigenvalue weighted by atomic mass is 9.77. The van der Waals surface area contributed by atoms with Gasteiger partial charge in [0.15, 0.2) is 5.82 Å². The van der Waals surface area contributed by atoms with Crippen molar-refractivity contribution >= 4 is 35.6 Å². The van der Waals surface area contributed by atoms with Crippen molar-refractivity contribution in [3.8, 4) is 22.7 Å². The van der Waals surface area contributed by atoms with Crippen molar-refractivity contribution in [3.63, 3.8) is 0 Å². The Bertz CT molecular complexity index is 898. The highest BCUT2D eigenvalue weighted by molar-refractivity contribution is 6.39. The summed E-state index contributed by atoms with van der Waals surface area (Å²) < 4.78 is 10.7. The molecule has 2 N–H and O–H groups in total. The lowest BCUT2D eigenvalue weighted by Gasteiger charge is -2.34. The van der Waals surface area contributed by atoms with E-state index in [1.807, 2.05) is 0 Å². The van der Waals surface area contributed by atoms with Crippen molar-refractivity contribution in [2.45, 2.75) is 31.7 Å². The number of benzene rings is 1. The predicted octanol–water partition coefficient (Wildman–Crippen LogP) is 4.77.